The van der Waals surface area contributed by atoms with Crippen molar-refractivity contribution in [3.05, 3.63) is 34.9 Å². The maximum atomic E-state index is 10.9. The van der Waals surface area contributed by atoms with E-state index < -0.39 is 28.3 Å². The Hall–Kier alpha value is -0.700. The van der Waals surface area contributed by atoms with Crippen molar-refractivity contribution in [2.75, 3.05) is 6.61 Å². The van der Waals surface area contributed by atoms with Gasteiger partial charge in [-0.05, 0) is 19.9 Å². The maximum absolute atomic E-state index is 10.9. The highest BCUT2D eigenvalue weighted by atomic mass is 35.5. The fourth-order valence-electron chi connectivity index (χ4n) is 2.09. The molecule has 1 heterocycles. The lowest BCUT2D eigenvalue weighted by molar-refractivity contribution is -0.148. The molecule has 8 heteroatoms. The Morgan fingerprint density at radius 2 is 2.00 bits per heavy atom. The van der Waals surface area contributed by atoms with Crippen LogP contribution in [0.15, 0.2) is 24.3 Å². The monoisotopic (exact) mass is 321 g/mol. The fraction of sp³-hybridized carbons (Fsp3) is 0.500. The smallest absolute Gasteiger partial charge is 0.333 e. The zero-order valence-electron chi connectivity index (χ0n) is 11.1. The number of nitrogens with two attached hydrogens (primary N) is 1. The lowest BCUT2D eigenvalue weighted by Crippen LogP contribution is -2.28. The maximum Gasteiger partial charge on any atom is 0.333 e. The summed E-state index contributed by atoms with van der Waals surface area (Å²) in [6, 6.07) is 7.13. The molecular formula is C12H16ClNO5S. The molecule has 1 aliphatic rings. The van der Waals surface area contributed by atoms with E-state index in [1.54, 1.807) is 32.0 Å². The van der Waals surface area contributed by atoms with Crippen molar-refractivity contribution in [3.63, 3.8) is 0 Å². The SMILES string of the molecule is CC1(C)O[C@H](c2ccccc2Cl)[C@@H](COS(N)(=O)=O)O1. The molecule has 0 amide bonds. The van der Waals surface area contributed by atoms with Gasteiger partial charge in [0.1, 0.15) is 12.2 Å². The van der Waals surface area contributed by atoms with Crippen molar-refractivity contribution in [2.45, 2.75) is 31.8 Å². The van der Waals surface area contributed by atoms with Gasteiger partial charge in [-0.15, -0.1) is 0 Å². The van der Waals surface area contributed by atoms with E-state index >= 15 is 0 Å². The van der Waals surface area contributed by atoms with E-state index in [-0.39, 0.29) is 6.61 Å². The Morgan fingerprint density at radius 3 is 2.60 bits per heavy atom. The number of halogens is 1. The van der Waals surface area contributed by atoms with E-state index in [1.807, 2.05) is 6.07 Å². The van der Waals surface area contributed by atoms with Gasteiger partial charge in [-0.3, -0.25) is 4.18 Å². The van der Waals surface area contributed by atoms with Gasteiger partial charge in [0.15, 0.2) is 5.79 Å². The first-order valence-electron chi connectivity index (χ1n) is 5.95. The Bertz CT molecular complexity index is 589. The molecule has 0 unspecified atom stereocenters. The molecule has 0 bridgehead atoms. The van der Waals surface area contributed by atoms with E-state index in [0.717, 1.165) is 0 Å². The largest absolute Gasteiger partial charge is 0.342 e. The predicted molar refractivity (Wildman–Crippen MR) is 73.3 cm³/mol. The molecule has 6 nitrogen and oxygen atoms in total. The van der Waals surface area contributed by atoms with Crippen molar-refractivity contribution in [3.8, 4) is 0 Å². The molecule has 2 rings (SSSR count). The molecule has 1 fully saturated rings. The standard InChI is InChI=1S/C12H16ClNO5S/c1-12(2)18-10(7-17-20(14,15)16)11(19-12)8-5-3-4-6-9(8)13/h3-6,10-11H,7H2,1-2H3,(H2,14,15,16)/t10-,11-/m1/s1. The second kappa shape index (κ2) is 5.59. The van der Waals surface area contributed by atoms with E-state index in [4.69, 9.17) is 26.2 Å². The van der Waals surface area contributed by atoms with Crippen LogP contribution in [-0.2, 0) is 24.0 Å². The summed E-state index contributed by atoms with van der Waals surface area (Å²) in [4.78, 5) is 0. The Kier molecular flexibility index (Phi) is 4.38. The van der Waals surface area contributed by atoms with Gasteiger partial charge in [0, 0.05) is 10.6 Å². The molecule has 0 spiro atoms. The quantitative estimate of drug-likeness (QED) is 0.912. The molecular weight excluding hydrogens is 306 g/mol. The van der Waals surface area contributed by atoms with Crippen molar-refractivity contribution >= 4 is 21.9 Å². The number of rotatable bonds is 4. The summed E-state index contributed by atoms with van der Waals surface area (Å²) < 4.78 is 37.8. The number of ether oxygens (including phenoxy) is 2. The van der Waals surface area contributed by atoms with E-state index in [9.17, 15) is 8.42 Å². The second-order valence-corrected chi connectivity index (χ2v) is 6.52. The van der Waals surface area contributed by atoms with Crippen LogP contribution in [0.1, 0.15) is 25.5 Å². The van der Waals surface area contributed by atoms with Gasteiger partial charge in [0.2, 0.25) is 0 Å². The first kappa shape index (κ1) is 15.7. The van der Waals surface area contributed by atoms with Gasteiger partial charge in [0.25, 0.3) is 0 Å². The minimum atomic E-state index is -4.03. The number of hydrogen-bond acceptors (Lipinski definition) is 5. The first-order chi connectivity index (χ1) is 9.18. The first-order valence-corrected chi connectivity index (χ1v) is 7.80. The summed E-state index contributed by atoms with van der Waals surface area (Å²) in [5, 5.41) is 5.34. The number of hydrogen-bond donors (Lipinski definition) is 1. The van der Waals surface area contributed by atoms with Gasteiger partial charge < -0.3 is 9.47 Å². The van der Waals surface area contributed by atoms with Crippen LogP contribution in [0.4, 0.5) is 0 Å². The number of benzene rings is 1. The van der Waals surface area contributed by atoms with Crippen LogP contribution in [0.25, 0.3) is 0 Å². The summed E-state index contributed by atoms with van der Waals surface area (Å²) >= 11 is 6.13. The minimum absolute atomic E-state index is 0.238. The molecule has 0 aliphatic carbocycles. The molecule has 0 aromatic heterocycles. The van der Waals surface area contributed by atoms with Gasteiger partial charge in [-0.1, -0.05) is 29.8 Å². The summed E-state index contributed by atoms with van der Waals surface area (Å²) in [7, 11) is -4.03. The molecule has 20 heavy (non-hydrogen) atoms. The summed E-state index contributed by atoms with van der Waals surface area (Å²) in [6.07, 6.45) is -1.15. The minimum Gasteiger partial charge on any atom is -0.342 e. The molecule has 1 aliphatic heterocycles. The van der Waals surface area contributed by atoms with Crippen LogP contribution in [-0.4, -0.2) is 26.9 Å². The van der Waals surface area contributed by atoms with Gasteiger partial charge in [-0.25, -0.2) is 5.14 Å². The van der Waals surface area contributed by atoms with Crippen LogP contribution < -0.4 is 5.14 Å². The lowest BCUT2D eigenvalue weighted by Gasteiger charge is -2.17. The third kappa shape index (κ3) is 3.91. The van der Waals surface area contributed by atoms with Gasteiger partial charge in [0.05, 0.1) is 6.61 Å². The van der Waals surface area contributed by atoms with E-state index in [1.165, 1.54) is 0 Å². The van der Waals surface area contributed by atoms with Crippen LogP contribution in [0.5, 0.6) is 0 Å². The summed E-state index contributed by atoms with van der Waals surface area (Å²) in [5.41, 5.74) is 0.711. The molecule has 1 aromatic rings. The Labute approximate surface area is 123 Å². The summed E-state index contributed by atoms with van der Waals surface area (Å²) in [5.74, 6) is -0.865. The Balaban J connectivity index is 2.23. The van der Waals surface area contributed by atoms with Gasteiger partial charge in [-0.2, -0.15) is 8.42 Å². The molecule has 0 radical (unpaired) electrons. The Morgan fingerprint density at radius 1 is 1.35 bits per heavy atom. The van der Waals surface area contributed by atoms with Crippen LogP contribution in [0.3, 0.4) is 0 Å². The average Bonchev–Trinajstić information content (AvgIpc) is 2.62. The summed E-state index contributed by atoms with van der Waals surface area (Å²) in [6.45, 7) is 3.22. The van der Waals surface area contributed by atoms with Crippen molar-refractivity contribution < 1.29 is 22.1 Å². The predicted octanol–water partition coefficient (Wildman–Crippen LogP) is 1.75. The van der Waals surface area contributed by atoms with Crippen LogP contribution in [0, 0.1) is 0 Å². The second-order valence-electron chi connectivity index (χ2n) is 4.89. The average molecular weight is 322 g/mol. The highest BCUT2D eigenvalue weighted by Crippen LogP contribution is 2.40. The third-order valence-corrected chi connectivity index (χ3v) is 3.60. The molecule has 112 valence electrons. The lowest BCUT2D eigenvalue weighted by atomic mass is 10.1. The van der Waals surface area contributed by atoms with Crippen LogP contribution in [0.2, 0.25) is 5.02 Å². The van der Waals surface area contributed by atoms with E-state index in [2.05, 4.69) is 4.18 Å². The van der Waals surface area contributed by atoms with Crippen molar-refractivity contribution in [1.82, 2.24) is 0 Å². The molecule has 1 aromatic carbocycles. The van der Waals surface area contributed by atoms with Crippen molar-refractivity contribution in [2.24, 2.45) is 5.14 Å². The van der Waals surface area contributed by atoms with Gasteiger partial charge >= 0.3 is 10.3 Å². The third-order valence-electron chi connectivity index (χ3n) is 2.79. The normalized spacial score (nSPS) is 25.8. The molecule has 0 saturated carbocycles. The highest BCUT2D eigenvalue weighted by Gasteiger charge is 2.43. The highest BCUT2D eigenvalue weighted by molar-refractivity contribution is 7.84. The van der Waals surface area contributed by atoms with E-state index in [0.29, 0.717) is 10.6 Å². The molecule has 2 N–H and O–H groups in total. The fourth-order valence-corrected chi connectivity index (χ4v) is 2.66. The molecule has 1 saturated heterocycles. The van der Waals surface area contributed by atoms with Crippen molar-refractivity contribution in [1.29, 1.82) is 0 Å². The van der Waals surface area contributed by atoms with Crippen LogP contribution >= 0.6 is 11.6 Å². The molecule has 2 atom stereocenters. The zero-order valence-corrected chi connectivity index (χ0v) is 12.6. The zero-order chi connectivity index (χ0) is 15.0. The topological polar surface area (TPSA) is 87.9 Å².